The molecule has 1 amide bonds. The van der Waals surface area contributed by atoms with Crippen LogP contribution in [0.5, 0.6) is 0 Å². The molecule has 0 spiro atoms. The second-order valence-electron chi connectivity index (χ2n) is 7.26. The molecular weight excluding hydrogens is 356 g/mol. The number of hydrogen-bond acceptors (Lipinski definition) is 5. The maximum atomic E-state index is 13.1. The maximum Gasteiger partial charge on any atom is 0.308 e. The molecule has 7 nitrogen and oxygen atoms in total. The summed E-state index contributed by atoms with van der Waals surface area (Å²) in [6.07, 6.45) is 2.03. The molecule has 0 aromatic heterocycles. The van der Waals surface area contributed by atoms with Crippen molar-refractivity contribution in [2.45, 2.75) is 36.8 Å². The summed E-state index contributed by atoms with van der Waals surface area (Å²) in [6, 6.07) is 4.32. The number of carbonyl (C=O) groups is 2. The first-order valence-electron chi connectivity index (χ1n) is 8.75. The Morgan fingerprint density at radius 3 is 2.54 bits per heavy atom. The fraction of sp³-hybridized carbons (Fsp3) is 0.556. The smallest absolute Gasteiger partial charge is 0.308 e. The Morgan fingerprint density at radius 2 is 2.00 bits per heavy atom. The Bertz CT molecular complexity index is 747. The van der Waals surface area contributed by atoms with Crippen molar-refractivity contribution in [1.82, 2.24) is 4.90 Å². The maximum absolute atomic E-state index is 13.1. The number of amides is 1. The molecule has 8 heteroatoms. The highest BCUT2D eigenvalue weighted by atomic mass is 32.2. The van der Waals surface area contributed by atoms with Crippen LogP contribution < -0.4 is 0 Å². The summed E-state index contributed by atoms with van der Waals surface area (Å²) in [5, 5.41) is 20.8. The predicted molar refractivity (Wildman–Crippen MR) is 97.3 cm³/mol. The molecule has 1 aliphatic carbocycles. The van der Waals surface area contributed by atoms with Gasteiger partial charge in [0, 0.05) is 35.4 Å². The molecule has 1 aliphatic heterocycles. The number of nitro groups is 1. The van der Waals surface area contributed by atoms with Gasteiger partial charge in [0.1, 0.15) is 0 Å². The van der Waals surface area contributed by atoms with Crippen molar-refractivity contribution in [2.24, 2.45) is 17.8 Å². The zero-order valence-electron chi connectivity index (χ0n) is 14.8. The molecule has 3 rings (SSSR count). The molecule has 140 valence electrons. The molecular formula is C18H22N2O5S. The lowest BCUT2D eigenvalue weighted by Crippen LogP contribution is -2.30. The summed E-state index contributed by atoms with van der Waals surface area (Å²) in [5.74, 6) is -1.37. The Morgan fingerprint density at radius 1 is 1.31 bits per heavy atom. The van der Waals surface area contributed by atoms with Gasteiger partial charge in [-0.1, -0.05) is 13.8 Å². The number of thioether (sulfide) groups is 1. The highest BCUT2D eigenvalue weighted by molar-refractivity contribution is 8.00. The molecule has 0 unspecified atom stereocenters. The lowest BCUT2D eigenvalue weighted by atomic mass is 9.92. The highest BCUT2D eigenvalue weighted by Crippen LogP contribution is 2.44. The van der Waals surface area contributed by atoms with E-state index in [1.165, 1.54) is 23.9 Å². The molecule has 2 aliphatic rings. The van der Waals surface area contributed by atoms with Crippen LogP contribution in [0.25, 0.3) is 0 Å². The number of hydrogen-bond donors (Lipinski definition) is 1. The lowest BCUT2D eigenvalue weighted by Gasteiger charge is -2.19. The van der Waals surface area contributed by atoms with Crippen LogP contribution in [0.3, 0.4) is 0 Å². The minimum absolute atomic E-state index is 0.0173. The summed E-state index contributed by atoms with van der Waals surface area (Å²) in [5.41, 5.74) is 0.160. The number of nitrogens with zero attached hydrogens (tertiary/aromatic N) is 2. The predicted octanol–water partition coefficient (Wildman–Crippen LogP) is 3.28. The molecule has 1 aromatic carbocycles. The lowest BCUT2D eigenvalue weighted by molar-refractivity contribution is -0.384. The minimum atomic E-state index is -0.868. The van der Waals surface area contributed by atoms with E-state index >= 15 is 0 Å². The zero-order valence-corrected chi connectivity index (χ0v) is 15.6. The third-order valence-corrected chi connectivity index (χ3v) is 6.05. The second-order valence-corrected chi connectivity index (χ2v) is 8.88. The molecule has 1 saturated carbocycles. The summed E-state index contributed by atoms with van der Waals surface area (Å²) < 4.78 is 0. The number of likely N-dealkylation sites (tertiary alicyclic amines) is 1. The van der Waals surface area contributed by atoms with E-state index in [1.807, 2.05) is 13.8 Å². The first-order valence-corrected chi connectivity index (χ1v) is 9.63. The van der Waals surface area contributed by atoms with Gasteiger partial charge in [0.2, 0.25) is 0 Å². The Hall–Kier alpha value is -2.09. The number of nitro benzene ring substituents is 1. The van der Waals surface area contributed by atoms with Crippen LogP contribution in [0.1, 0.15) is 37.0 Å². The van der Waals surface area contributed by atoms with Gasteiger partial charge in [0.15, 0.2) is 0 Å². The molecule has 2 atom stereocenters. The fourth-order valence-corrected chi connectivity index (χ4v) is 4.51. The summed E-state index contributed by atoms with van der Waals surface area (Å²) >= 11 is 1.47. The topological polar surface area (TPSA) is 101 Å². The van der Waals surface area contributed by atoms with E-state index in [4.69, 9.17) is 0 Å². The average molecular weight is 378 g/mol. The van der Waals surface area contributed by atoms with E-state index in [0.717, 1.165) is 12.8 Å². The van der Waals surface area contributed by atoms with E-state index in [0.29, 0.717) is 22.9 Å². The van der Waals surface area contributed by atoms with Gasteiger partial charge in [-0.15, -0.1) is 11.8 Å². The molecule has 0 radical (unpaired) electrons. The van der Waals surface area contributed by atoms with E-state index in [2.05, 4.69) is 0 Å². The van der Waals surface area contributed by atoms with E-state index in [9.17, 15) is 24.8 Å². The van der Waals surface area contributed by atoms with Crippen molar-refractivity contribution in [1.29, 1.82) is 0 Å². The van der Waals surface area contributed by atoms with Crippen LogP contribution in [-0.4, -0.2) is 45.1 Å². The quantitative estimate of drug-likeness (QED) is 0.463. The largest absolute Gasteiger partial charge is 0.481 e. The van der Waals surface area contributed by atoms with E-state index < -0.39 is 16.8 Å². The van der Waals surface area contributed by atoms with Crippen LogP contribution in [0.4, 0.5) is 5.69 Å². The number of carbonyl (C=O) groups excluding carboxylic acids is 1. The van der Waals surface area contributed by atoms with Crippen LogP contribution >= 0.6 is 11.8 Å². The van der Waals surface area contributed by atoms with Gasteiger partial charge < -0.3 is 10.0 Å². The third-order valence-electron chi connectivity index (χ3n) is 4.96. The van der Waals surface area contributed by atoms with Crippen LogP contribution in [0.2, 0.25) is 0 Å². The average Bonchev–Trinajstić information content (AvgIpc) is 3.31. The highest BCUT2D eigenvalue weighted by Gasteiger charge is 2.47. The fourth-order valence-electron chi connectivity index (χ4n) is 3.58. The van der Waals surface area contributed by atoms with Gasteiger partial charge >= 0.3 is 5.97 Å². The van der Waals surface area contributed by atoms with Gasteiger partial charge in [0.05, 0.1) is 16.4 Å². The standard InChI is InChI=1S/C18H22N2O5S/c1-10(2)26-16-6-5-12(20(24)25)7-13(16)17(21)19-8-14(11-3-4-11)15(9-19)18(22)23/h5-7,10-11,14-15H,3-4,8-9H2,1-2H3,(H,22,23)/t14-,15+/m1/s1. The number of carboxylic acids is 1. The Labute approximate surface area is 155 Å². The Kier molecular flexibility index (Phi) is 5.22. The van der Waals surface area contributed by atoms with E-state index in [-0.39, 0.29) is 29.3 Å². The van der Waals surface area contributed by atoms with Gasteiger partial charge in [-0.25, -0.2) is 0 Å². The van der Waals surface area contributed by atoms with Crippen LogP contribution in [-0.2, 0) is 4.79 Å². The van der Waals surface area contributed by atoms with Crippen molar-refractivity contribution >= 4 is 29.3 Å². The Balaban J connectivity index is 1.89. The SMILES string of the molecule is CC(C)Sc1ccc([N+](=O)[O-])cc1C(=O)N1C[C@H](C(=O)O)[C@@H](C2CC2)C1. The molecule has 0 bridgehead atoms. The third kappa shape index (κ3) is 3.85. The van der Waals surface area contributed by atoms with Crippen LogP contribution in [0.15, 0.2) is 23.1 Å². The first kappa shape index (κ1) is 18.7. The first-order chi connectivity index (χ1) is 12.3. The summed E-state index contributed by atoms with van der Waals surface area (Å²) in [6.45, 7) is 4.55. The van der Waals surface area contributed by atoms with Gasteiger partial charge in [-0.2, -0.15) is 0 Å². The van der Waals surface area contributed by atoms with Crippen LogP contribution in [0, 0.1) is 27.9 Å². The van der Waals surface area contributed by atoms with Gasteiger partial charge in [0.25, 0.3) is 11.6 Å². The number of rotatable bonds is 6. The van der Waals surface area contributed by atoms with Gasteiger partial charge in [-0.05, 0) is 30.7 Å². The number of carboxylic acid groups (broad SMARTS) is 1. The molecule has 26 heavy (non-hydrogen) atoms. The normalized spacial score (nSPS) is 22.7. The van der Waals surface area contributed by atoms with Crippen molar-refractivity contribution < 1.29 is 19.6 Å². The number of benzene rings is 1. The van der Waals surface area contributed by atoms with Crippen molar-refractivity contribution in [3.8, 4) is 0 Å². The second kappa shape index (κ2) is 7.26. The molecule has 1 saturated heterocycles. The van der Waals surface area contributed by atoms with Gasteiger partial charge in [-0.3, -0.25) is 19.7 Å². The summed E-state index contributed by atoms with van der Waals surface area (Å²) in [4.78, 5) is 37.5. The monoisotopic (exact) mass is 378 g/mol. The minimum Gasteiger partial charge on any atom is -0.481 e. The van der Waals surface area contributed by atoms with Crippen molar-refractivity contribution in [3.05, 3.63) is 33.9 Å². The number of aliphatic carboxylic acids is 1. The van der Waals surface area contributed by atoms with E-state index in [1.54, 1.807) is 11.0 Å². The molecule has 1 aromatic rings. The summed E-state index contributed by atoms with van der Waals surface area (Å²) in [7, 11) is 0. The number of non-ortho nitro benzene ring substituents is 1. The molecule has 2 fully saturated rings. The zero-order chi connectivity index (χ0) is 19.0. The molecule has 1 N–H and O–H groups in total. The van der Waals surface area contributed by atoms with Crippen molar-refractivity contribution in [3.63, 3.8) is 0 Å². The van der Waals surface area contributed by atoms with Crippen molar-refractivity contribution in [2.75, 3.05) is 13.1 Å². The molecule has 1 heterocycles.